The Hall–Kier alpha value is 0.260. The summed E-state index contributed by atoms with van der Waals surface area (Å²) in [6, 6.07) is 0.106. The molecule has 1 rings (SSSR count). The molecule has 1 saturated heterocycles. The summed E-state index contributed by atoms with van der Waals surface area (Å²) >= 11 is 5.22. The second kappa shape index (κ2) is 4.48. The zero-order valence-electron chi connectivity index (χ0n) is 6.57. The molecule has 0 radical (unpaired) electrons. The molecule has 1 heterocycles. The Morgan fingerprint density at radius 2 is 2.42 bits per heavy atom. The van der Waals surface area contributed by atoms with Gasteiger partial charge in [0.15, 0.2) is 0 Å². The maximum Gasteiger partial charge on any atom is 0.303 e. The molecule has 70 valence electrons. The predicted octanol–water partition coefficient (Wildman–Crippen LogP) is 1.06. The smallest absolute Gasteiger partial charge is 0.303 e. The van der Waals surface area contributed by atoms with Crippen molar-refractivity contribution in [3.63, 3.8) is 0 Å². The van der Waals surface area contributed by atoms with Crippen LogP contribution in [0.5, 0.6) is 0 Å². The highest BCUT2D eigenvalue weighted by Crippen LogP contribution is 2.33. The zero-order valence-corrected chi connectivity index (χ0v) is 8.97. The van der Waals surface area contributed by atoms with E-state index in [1.54, 1.807) is 11.8 Å². The van der Waals surface area contributed by atoms with E-state index in [1.807, 2.05) is 0 Å². The van der Waals surface area contributed by atoms with Crippen molar-refractivity contribution in [2.24, 2.45) is 5.73 Å². The summed E-state index contributed by atoms with van der Waals surface area (Å²) in [6.45, 7) is 0. The van der Waals surface area contributed by atoms with Crippen LogP contribution in [0.3, 0.4) is 0 Å². The number of carboxylic acid groups (broad SMARTS) is 1. The van der Waals surface area contributed by atoms with Gasteiger partial charge in [-0.05, 0) is 6.42 Å². The molecule has 1 aliphatic rings. The van der Waals surface area contributed by atoms with Gasteiger partial charge >= 0.3 is 5.97 Å². The largest absolute Gasteiger partial charge is 0.481 e. The van der Waals surface area contributed by atoms with Crippen molar-refractivity contribution in [1.82, 2.24) is 0 Å². The molecule has 0 amide bonds. The van der Waals surface area contributed by atoms with Crippen LogP contribution in [0, 0.1) is 0 Å². The van der Waals surface area contributed by atoms with E-state index >= 15 is 0 Å². The SMILES string of the molecule is NC1C(Br)CSC1CCC(=O)O. The third kappa shape index (κ3) is 2.64. The number of nitrogens with two attached hydrogens (primary N) is 1. The first-order valence-electron chi connectivity index (χ1n) is 3.84. The van der Waals surface area contributed by atoms with Crippen molar-refractivity contribution in [2.45, 2.75) is 29.0 Å². The van der Waals surface area contributed by atoms with E-state index in [4.69, 9.17) is 10.8 Å². The Kier molecular flexibility index (Phi) is 3.86. The normalized spacial score (nSPS) is 35.3. The van der Waals surface area contributed by atoms with E-state index in [0.717, 1.165) is 5.75 Å². The van der Waals surface area contributed by atoms with Gasteiger partial charge in [0.25, 0.3) is 0 Å². The molecule has 5 heteroatoms. The van der Waals surface area contributed by atoms with Crippen LogP contribution in [-0.4, -0.2) is 32.9 Å². The summed E-state index contributed by atoms with van der Waals surface area (Å²) in [5.41, 5.74) is 5.85. The van der Waals surface area contributed by atoms with Crippen molar-refractivity contribution in [1.29, 1.82) is 0 Å². The fourth-order valence-electron chi connectivity index (χ4n) is 1.21. The maximum atomic E-state index is 10.3. The molecule has 3 atom stereocenters. The summed E-state index contributed by atoms with van der Waals surface area (Å²) in [4.78, 5) is 10.6. The number of aliphatic carboxylic acids is 1. The third-order valence-electron chi connectivity index (χ3n) is 1.96. The number of thioether (sulfide) groups is 1. The van der Waals surface area contributed by atoms with Crippen LogP contribution in [-0.2, 0) is 4.79 Å². The van der Waals surface area contributed by atoms with Gasteiger partial charge in [-0.3, -0.25) is 4.79 Å². The van der Waals surface area contributed by atoms with Crippen LogP contribution in [0.2, 0.25) is 0 Å². The summed E-state index contributed by atoms with van der Waals surface area (Å²) in [7, 11) is 0. The van der Waals surface area contributed by atoms with Gasteiger partial charge in [-0.2, -0.15) is 11.8 Å². The second-order valence-corrected chi connectivity index (χ2v) is 5.35. The van der Waals surface area contributed by atoms with Gasteiger partial charge in [0.2, 0.25) is 0 Å². The van der Waals surface area contributed by atoms with E-state index in [1.165, 1.54) is 0 Å². The first-order chi connectivity index (χ1) is 5.61. The molecule has 1 aliphatic heterocycles. The number of hydrogen-bond acceptors (Lipinski definition) is 3. The molecular formula is C7H12BrNO2S. The highest BCUT2D eigenvalue weighted by atomic mass is 79.9. The van der Waals surface area contributed by atoms with Crippen molar-refractivity contribution in [3.8, 4) is 0 Å². The predicted molar refractivity (Wildman–Crippen MR) is 53.8 cm³/mol. The fraction of sp³-hybridized carbons (Fsp3) is 0.857. The van der Waals surface area contributed by atoms with E-state index in [0.29, 0.717) is 16.5 Å². The van der Waals surface area contributed by atoms with Crippen molar-refractivity contribution < 1.29 is 9.90 Å². The molecule has 0 aromatic rings. The Bertz CT molecular complexity index is 179. The topological polar surface area (TPSA) is 63.3 Å². The van der Waals surface area contributed by atoms with Crippen LogP contribution < -0.4 is 5.73 Å². The lowest BCUT2D eigenvalue weighted by molar-refractivity contribution is -0.137. The molecule has 3 unspecified atom stereocenters. The highest BCUT2D eigenvalue weighted by Gasteiger charge is 2.32. The molecule has 0 saturated carbocycles. The minimum atomic E-state index is -0.735. The number of rotatable bonds is 3. The highest BCUT2D eigenvalue weighted by molar-refractivity contribution is 9.09. The molecule has 0 aromatic heterocycles. The third-order valence-corrected chi connectivity index (χ3v) is 4.85. The lowest BCUT2D eigenvalue weighted by atomic mass is 10.1. The molecule has 1 fully saturated rings. The van der Waals surface area contributed by atoms with Gasteiger partial charge in [0, 0.05) is 28.3 Å². The lowest BCUT2D eigenvalue weighted by Crippen LogP contribution is -2.35. The molecular weight excluding hydrogens is 242 g/mol. The summed E-state index contributed by atoms with van der Waals surface area (Å²) in [5, 5.41) is 8.77. The molecule has 12 heavy (non-hydrogen) atoms. The Balaban J connectivity index is 2.29. The Labute approximate surface area is 84.2 Å². The van der Waals surface area contributed by atoms with E-state index < -0.39 is 5.97 Å². The van der Waals surface area contributed by atoms with Crippen LogP contribution >= 0.6 is 27.7 Å². The minimum Gasteiger partial charge on any atom is -0.481 e. The molecule has 0 aliphatic carbocycles. The number of halogens is 1. The van der Waals surface area contributed by atoms with Gasteiger partial charge in [-0.15, -0.1) is 0 Å². The molecule has 3 nitrogen and oxygen atoms in total. The zero-order chi connectivity index (χ0) is 9.14. The van der Waals surface area contributed by atoms with Crippen molar-refractivity contribution in [2.75, 3.05) is 5.75 Å². The van der Waals surface area contributed by atoms with E-state index in [9.17, 15) is 4.79 Å². The van der Waals surface area contributed by atoms with Crippen LogP contribution in [0.25, 0.3) is 0 Å². The van der Waals surface area contributed by atoms with Gasteiger partial charge < -0.3 is 10.8 Å². The second-order valence-electron chi connectivity index (χ2n) is 2.90. The lowest BCUT2D eigenvalue weighted by Gasteiger charge is -2.14. The van der Waals surface area contributed by atoms with Crippen LogP contribution in [0.15, 0.2) is 0 Å². The average molecular weight is 254 g/mol. The summed E-state index contributed by atoms with van der Waals surface area (Å²) in [6.07, 6.45) is 0.911. The molecule has 0 bridgehead atoms. The monoisotopic (exact) mass is 253 g/mol. The minimum absolute atomic E-state index is 0.106. The molecule has 0 spiro atoms. The van der Waals surface area contributed by atoms with Gasteiger partial charge in [0.05, 0.1) is 0 Å². The van der Waals surface area contributed by atoms with E-state index in [-0.39, 0.29) is 12.5 Å². The molecule has 0 aromatic carbocycles. The van der Waals surface area contributed by atoms with Gasteiger partial charge in [0.1, 0.15) is 0 Å². The van der Waals surface area contributed by atoms with Crippen molar-refractivity contribution in [3.05, 3.63) is 0 Å². The van der Waals surface area contributed by atoms with Crippen molar-refractivity contribution >= 4 is 33.7 Å². The van der Waals surface area contributed by atoms with Crippen LogP contribution in [0.4, 0.5) is 0 Å². The first-order valence-corrected chi connectivity index (χ1v) is 5.80. The first kappa shape index (κ1) is 10.3. The number of hydrogen-bond donors (Lipinski definition) is 2. The van der Waals surface area contributed by atoms with E-state index in [2.05, 4.69) is 15.9 Å². The Morgan fingerprint density at radius 3 is 2.83 bits per heavy atom. The van der Waals surface area contributed by atoms with Gasteiger partial charge in [-0.1, -0.05) is 15.9 Å². The summed E-state index contributed by atoms with van der Waals surface area (Å²) in [5.74, 6) is 0.256. The fourth-order valence-corrected chi connectivity index (χ4v) is 3.59. The molecule has 3 N–H and O–H groups in total. The summed E-state index contributed by atoms with van der Waals surface area (Å²) < 4.78 is 0. The Morgan fingerprint density at radius 1 is 1.75 bits per heavy atom. The number of alkyl halides is 1. The number of carboxylic acids is 1. The van der Waals surface area contributed by atoms with Crippen LogP contribution in [0.1, 0.15) is 12.8 Å². The quantitative estimate of drug-likeness (QED) is 0.739. The average Bonchev–Trinajstić information content (AvgIpc) is 2.30. The standard InChI is InChI=1S/C7H12BrNO2S/c8-4-3-12-5(7(4)9)1-2-6(10)11/h4-5,7H,1-3,9H2,(H,10,11). The maximum absolute atomic E-state index is 10.3. The number of carbonyl (C=O) groups is 1. The van der Waals surface area contributed by atoms with Gasteiger partial charge in [-0.25, -0.2) is 0 Å².